The molecule has 0 aliphatic rings. The van der Waals surface area contributed by atoms with Gasteiger partial charge in [0.1, 0.15) is 0 Å². The van der Waals surface area contributed by atoms with Crippen LogP contribution in [0.15, 0.2) is 0 Å². The number of carboxylic acids is 1. The Bertz CT molecular complexity index is 277. The number of aliphatic carboxylic acids is 1. The van der Waals surface area contributed by atoms with Crippen LogP contribution in [0.2, 0.25) is 0 Å². The molecule has 0 aliphatic carbocycles. The van der Waals surface area contributed by atoms with Gasteiger partial charge in [-0.05, 0) is 13.3 Å². The molecule has 15 heavy (non-hydrogen) atoms. The fourth-order valence-corrected chi connectivity index (χ4v) is 1.40. The molecule has 0 heterocycles. The van der Waals surface area contributed by atoms with Crippen LogP contribution in [-0.2, 0) is 14.3 Å². The van der Waals surface area contributed by atoms with Crippen molar-refractivity contribution in [2.75, 3.05) is 6.61 Å². The van der Waals surface area contributed by atoms with Crippen LogP contribution in [0, 0.1) is 17.8 Å². The number of carboxylic acid groups (broad SMARTS) is 1. The third-order valence-electron chi connectivity index (χ3n) is 2.16. The number of ether oxygens (including phenoxy) is 1. The van der Waals surface area contributed by atoms with Crippen molar-refractivity contribution in [1.29, 1.82) is 0 Å². The molecule has 0 amide bonds. The highest BCUT2D eigenvalue weighted by Crippen LogP contribution is 2.30. The third-order valence-corrected chi connectivity index (χ3v) is 2.16. The van der Waals surface area contributed by atoms with E-state index in [0.29, 0.717) is 6.42 Å². The first kappa shape index (κ1) is 13.5. The Kier molecular flexibility index (Phi) is 5.46. The Labute approximate surface area is 89.6 Å². The number of terminal acetylenes is 1. The summed E-state index contributed by atoms with van der Waals surface area (Å²) in [6, 6.07) is 0. The summed E-state index contributed by atoms with van der Waals surface area (Å²) in [6.45, 7) is 3.59. The van der Waals surface area contributed by atoms with Crippen LogP contribution in [0.1, 0.15) is 33.1 Å². The van der Waals surface area contributed by atoms with Crippen molar-refractivity contribution in [3.05, 3.63) is 0 Å². The van der Waals surface area contributed by atoms with Crippen LogP contribution in [0.4, 0.5) is 0 Å². The first-order chi connectivity index (χ1) is 7.05. The van der Waals surface area contributed by atoms with Gasteiger partial charge in [-0.3, -0.25) is 9.59 Å². The van der Waals surface area contributed by atoms with Crippen molar-refractivity contribution in [1.82, 2.24) is 0 Å². The van der Waals surface area contributed by atoms with E-state index in [1.54, 1.807) is 13.8 Å². The minimum absolute atomic E-state index is 0.130. The molecule has 1 N–H and O–H groups in total. The zero-order valence-electron chi connectivity index (χ0n) is 9.08. The summed E-state index contributed by atoms with van der Waals surface area (Å²) in [4.78, 5) is 22.7. The second kappa shape index (κ2) is 6.07. The van der Waals surface area contributed by atoms with E-state index >= 15 is 0 Å². The molecular formula is C11H16O4. The fourth-order valence-electron chi connectivity index (χ4n) is 1.40. The minimum atomic E-state index is -1.57. The van der Waals surface area contributed by atoms with Gasteiger partial charge in [0.25, 0.3) is 0 Å². The molecule has 1 unspecified atom stereocenters. The molecule has 0 aromatic carbocycles. The summed E-state index contributed by atoms with van der Waals surface area (Å²) in [7, 11) is 0. The lowest BCUT2D eigenvalue weighted by Gasteiger charge is -2.24. The maximum atomic E-state index is 11.6. The minimum Gasteiger partial charge on any atom is -0.480 e. The van der Waals surface area contributed by atoms with Crippen LogP contribution < -0.4 is 0 Å². The number of hydrogen-bond acceptors (Lipinski definition) is 3. The smallest absolute Gasteiger partial charge is 0.324 e. The predicted molar refractivity (Wildman–Crippen MR) is 55.1 cm³/mol. The second-order valence-electron chi connectivity index (χ2n) is 3.24. The van der Waals surface area contributed by atoms with Crippen LogP contribution >= 0.6 is 0 Å². The van der Waals surface area contributed by atoms with Gasteiger partial charge in [0.2, 0.25) is 0 Å². The third kappa shape index (κ3) is 2.98. The molecule has 0 bridgehead atoms. The molecule has 0 aromatic heterocycles. The van der Waals surface area contributed by atoms with E-state index in [2.05, 4.69) is 5.92 Å². The highest BCUT2D eigenvalue weighted by molar-refractivity contribution is 5.99. The number of rotatable bonds is 6. The normalized spacial score (nSPS) is 13.7. The van der Waals surface area contributed by atoms with Crippen molar-refractivity contribution < 1.29 is 19.4 Å². The van der Waals surface area contributed by atoms with Gasteiger partial charge in [0.15, 0.2) is 5.41 Å². The van der Waals surface area contributed by atoms with Gasteiger partial charge < -0.3 is 9.84 Å². The number of carbonyl (C=O) groups is 2. The van der Waals surface area contributed by atoms with Crippen LogP contribution in [0.3, 0.4) is 0 Å². The van der Waals surface area contributed by atoms with Gasteiger partial charge >= 0.3 is 11.9 Å². The van der Waals surface area contributed by atoms with Crippen molar-refractivity contribution in [3.63, 3.8) is 0 Å². The molecule has 1 atom stereocenters. The zero-order chi connectivity index (χ0) is 11.9. The standard InChI is InChI=1S/C11H16O4/c1-4-7-11(8-5-2,9(12)13)10(14)15-6-3/h1H,5-8H2,2-3H3,(H,12,13). The van der Waals surface area contributed by atoms with Crippen LogP contribution in [0.5, 0.6) is 0 Å². The largest absolute Gasteiger partial charge is 0.480 e. The highest BCUT2D eigenvalue weighted by Gasteiger charge is 2.46. The topological polar surface area (TPSA) is 63.6 Å². The van der Waals surface area contributed by atoms with E-state index in [1.807, 2.05) is 0 Å². The molecule has 0 aromatic rings. The summed E-state index contributed by atoms with van der Waals surface area (Å²) >= 11 is 0. The molecule has 4 heteroatoms. The molecule has 0 radical (unpaired) electrons. The molecule has 0 aliphatic heterocycles. The van der Waals surface area contributed by atoms with Crippen LogP contribution in [0.25, 0.3) is 0 Å². The SMILES string of the molecule is C#CCC(CCC)(C(=O)O)C(=O)OCC. The van der Waals surface area contributed by atoms with Crippen molar-refractivity contribution in [2.45, 2.75) is 33.1 Å². The Morgan fingerprint density at radius 3 is 2.40 bits per heavy atom. The molecule has 4 nitrogen and oxygen atoms in total. The van der Waals surface area contributed by atoms with Crippen molar-refractivity contribution in [2.24, 2.45) is 5.41 Å². The lowest BCUT2D eigenvalue weighted by Crippen LogP contribution is -2.40. The molecule has 0 saturated carbocycles. The number of carbonyl (C=O) groups excluding carboxylic acids is 1. The first-order valence-electron chi connectivity index (χ1n) is 4.89. The number of hydrogen-bond donors (Lipinski definition) is 1. The molecule has 0 fully saturated rings. The maximum Gasteiger partial charge on any atom is 0.324 e. The van der Waals surface area contributed by atoms with Gasteiger partial charge in [-0.25, -0.2) is 0 Å². The number of esters is 1. The maximum absolute atomic E-state index is 11.6. The lowest BCUT2D eigenvalue weighted by atomic mass is 9.80. The van der Waals surface area contributed by atoms with E-state index < -0.39 is 17.4 Å². The van der Waals surface area contributed by atoms with Crippen LogP contribution in [-0.4, -0.2) is 23.7 Å². The van der Waals surface area contributed by atoms with Gasteiger partial charge in [0, 0.05) is 6.42 Å². The van der Waals surface area contributed by atoms with Gasteiger partial charge in [-0.1, -0.05) is 13.3 Å². The Morgan fingerprint density at radius 1 is 1.47 bits per heavy atom. The first-order valence-corrected chi connectivity index (χ1v) is 4.89. The summed E-state index contributed by atoms with van der Waals surface area (Å²) in [5, 5.41) is 9.09. The Balaban J connectivity index is 5.03. The zero-order valence-corrected chi connectivity index (χ0v) is 9.08. The van der Waals surface area contributed by atoms with E-state index in [0.717, 1.165) is 0 Å². The Hall–Kier alpha value is -1.50. The summed E-state index contributed by atoms with van der Waals surface area (Å²) < 4.78 is 4.76. The van der Waals surface area contributed by atoms with Gasteiger partial charge in [0.05, 0.1) is 6.61 Å². The summed E-state index contributed by atoms with van der Waals surface area (Å²) in [5.74, 6) is 0.286. The molecule has 0 rings (SSSR count). The highest BCUT2D eigenvalue weighted by atomic mass is 16.5. The molecule has 0 saturated heterocycles. The lowest BCUT2D eigenvalue weighted by molar-refractivity contribution is -0.168. The Morgan fingerprint density at radius 2 is 2.07 bits per heavy atom. The van der Waals surface area contributed by atoms with E-state index in [4.69, 9.17) is 16.3 Å². The second-order valence-corrected chi connectivity index (χ2v) is 3.24. The molecule has 84 valence electrons. The van der Waals surface area contributed by atoms with E-state index in [9.17, 15) is 9.59 Å². The van der Waals surface area contributed by atoms with E-state index in [1.165, 1.54) is 0 Å². The average molecular weight is 212 g/mol. The van der Waals surface area contributed by atoms with Gasteiger partial charge in [-0.2, -0.15) is 0 Å². The average Bonchev–Trinajstić information content (AvgIpc) is 2.17. The van der Waals surface area contributed by atoms with Crippen molar-refractivity contribution in [3.8, 4) is 12.3 Å². The summed E-state index contributed by atoms with van der Waals surface area (Å²) in [5.41, 5.74) is -1.57. The molecular weight excluding hydrogens is 196 g/mol. The summed E-state index contributed by atoms with van der Waals surface area (Å²) in [6.07, 6.45) is 5.73. The van der Waals surface area contributed by atoms with E-state index in [-0.39, 0.29) is 19.4 Å². The van der Waals surface area contributed by atoms with Gasteiger partial charge in [-0.15, -0.1) is 12.3 Å². The monoisotopic (exact) mass is 212 g/mol. The molecule has 0 spiro atoms. The fraction of sp³-hybridized carbons (Fsp3) is 0.636. The quantitative estimate of drug-likeness (QED) is 0.411. The predicted octanol–water partition coefficient (Wildman–Crippen LogP) is 1.44. The van der Waals surface area contributed by atoms with Crippen molar-refractivity contribution >= 4 is 11.9 Å².